The fourth-order valence-electron chi connectivity index (χ4n) is 5.70. The smallest absolute Gasteiger partial charge is 0.164 e. The van der Waals surface area contributed by atoms with Crippen LogP contribution >= 0.6 is 0 Å². The van der Waals surface area contributed by atoms with Gasteiger partial charge >= 0.3 is 0 Å². The van der Waals surface area contributed by atoms with Crippen molar-refractivity contribution in [1.29, 1.82) is 0 Å². The van der Waals surface area contributed by atoms with Crippen LogP contribution in [0.2, 0.25) is 0 Å². The maximum absolute atomic E-state index is 12.9. The zero-order valence-corrected chi connectivity index (χ0v) is 24.3. The van der Waals surface area contributed by atoms with E-state index in [0.717, 1.165) is 65.2 Å². The molecule has 9 nitrogen and oxygen atoms in total. The van der Waals surface area contributed by atoms with E-state index < -0.39 is 0 Å². The Labute approximate surface area is 245 Å². The minimum Gasteiger partial charge on any atom is -0.457 e. The molecule has 0 unspecified atom stereocenters. The topological polar surface area (TPSA) is 122 Å². The summed E-state index contributed by atoms with van der Waals surface area (Å²) in [6, 6.07) is 19.6. The number of nitrogens with two attached hydrogens (primary N) is 1. The lowest BCUT2D eigenvalue weighted by atomic mass is 9.82. The molecule has 3 heterocycles. The SMILES string of the molecule is CC(C)(C)c1cc(CC(=O)CC2CCC(n3nc(-c4ccc(Oc5ccccc5)cc4)c4c(N)ncnc43)CC2)no1. The minimum absolute atomic E-state index is 0.126. The first-order valence-corrected chi connectivity index (χ1v) is 14.5. The number of hydrogen-bond donors (Lipinski definition) is 1. The van der Waals surface area contributed by atoms with Gasteiger partial charge in [0, 0.05) is 23.5 Å². The summed E-state index contributed by atoms with van der Waals surface area (Å²) in [4.78, 5) is 21.7. The lowest BCUT2D eigenvalue weighted by Crippen LogP contribution is -2.21. The Morgan fingerprint density at radius 1 is 1.00 bits per heavy atom. The van der Waals surface area contributed by atoms with Crippen molar-refractivity contribution in [3.05, 3.63) is 78.4 Å². The number of carbonyl (C=O) groups is 1. The minimum atomic E-state index is -0.126. The van der Waals surface area contributed by atoms with Crippen LogP contribution in [-0.4, -0.2) is 30.7 Å². The molecule has 0 spiro atoms. The zero-order chi connectivity index (χ0) is 29.3. The predicted octanol–water partition coefficient (Wildman–Crippen LogP) is 7.09. The summed E-state index contributed by atoms with van der Waals surface area (Å²) in [7, 11) is 0. The average molecular weight is 565 g/mol. The van der Waals surface area contributed by atoms with E-state index in [1.165, 1.54) is 6.33 Å². The molecular formula is C33H36N6O3. The van der Waals surface area contributed by atoms with Crippen LogP contribution in [0.1, 0.15) is 70.4 Å². The van der Waals surface area contributed by atoms with Crippen LogP contribution in [-0.2, 0) is 16.6 Å². The first kappa shape index (κ1) is 27.6. The highest BCUT2D eigenvalue weighted by Gasteiger charge is 2.28. The number of nitrogens with zero attached hydrogens (tertiary/aromatic N) is 5. The summed E-state index contributed by atoms with van der Waals surface area (Å²) in [6.07, 6.45) is 6.10. The molecule has 1 fully saturated rings. The van der Waals surface area contributed by atoms with E-state index in [-0.39, 0.29) is 17.2 Å². The van der Waals surface area contributed by atoms with E-state index in [1.807, 2.05) is 65.3 Å². The molecule has 42 heavy (non-hydrogen) atoms. The standard InChI is InChI=1S/C33H36N6O3/c1-33(2,3)28-19-23(38-42-28)18-25(40)17-21-9-13-24(14-10-21)39-32-29(31(34)35-20-36-32)30(37-39)22-11-15-27(16-12-22)41-26-7-5-4-6-8-26/h4-8,11-12,15-16,19-21,24H,9-10,13-14,17-18H2,1-3H3,(H2,34,35,36). The molecule has 3 aromatic heterocycles. The molecule has 2 N–H and O–H groups in total. The highest BCUT2D eigenvalue weighted by atomic mass is 16.5. The zero-order valence-electron chi connectivity index (χ0n) is 24.3. The lowest BCUT2D eigenvalue weighted by Gasteiger charge is -2.28. The number of fused-ring (bicyclic) bond motifs is 1. The van der Waals surface area contributed by atoms with Gasteiger partial charge in [-0.25, -0.2) is 14.6 Å². The fourth-order valence-corrected chi connectivity index (χ4v) is 5.70. The Morgan fingerprint density at radius 2 is 1.71 bits per heavy atom. The van der Waals surface area contributed by atoms with Gasteiger partial charge in [-0.3, -0.25) is 4.79 Å². The molecule has 216 valence electrons. The normalized spacial score (nSPS) is 17.4. The molecule has 5 aromatic rings. The number of ether oxygens (including phenoxy) is 1. The van der Waals surface area contributed by atoms with Crippen LogP contribution in [0, 0.1) is 5.92 Å². The van der Waals surface area contributed by atoms with Crippen LogP contribution in [0.15, 0.2) is 71.5 Å². The monoisotopic (exact) mass is 564 g/mol. The lowest BCUT2D eigenvalue weighted by molar-refractivity contribution is -0.119. The molecule has 0 bridgehead atoms. The summed E-state index contributed by atoms with van der Waals surface area (Å²) in [5.74, 6) is 3.29. The number of carbonyl (C=O) groups excluding carboxylic acids is 1. The van der Waals surface area contributed by atoms with Gasteiger partial charge in [-0.1, -0.05) is 44.1 Å². The number of Topliss-reactive ketones (excluding diaryl/α,β-unsaturated/α-hetero) is 1. The summed E-state index contributed by atoms with van der Waals surface area (Å²) in [6.45, 7) is 6.21. The van der Waals surface area contributed by atoms with Crippen molar-refractivity contribution in [2.45, 2.75) is 70.8 Å². The van der Waals surface area contributed by atoms with Crippen LogP contribution in [0.25, 0.3) is 22.3 Å². The third-order valence-corrected chi connectivity index (χ3v) is 7.98. The second-order valence-corrected chi connectivity index (χ2v) is 12.2. The Morgan fingerprint density at radius 3 is 2.40 bits per heavy atom. The summed E-state index contributed by atoms with van der Waals surface area (Å²) < 4.78 is 13.4. The third-order valence-electron chi connectivity index (χ3n) is 7.98. The maximum atomic E-state index is 12.9. The van der Waals surface area contributed by atoms with Gasteiger partial charge in [-0.05, 0) is 68.0 Å². The van der Waals surface area contributed by atoms with Crippen molar-refractivity contribution in [1.82, 2.24) is 24.9 Å². The van der Waals surface area contributed by atoms with Gasteiger partial charge in [0.2, 0.25) is 0 Å². The number of rotatable bonds is 8. The highest BCUT2D eigenvalue weighted by Crippen LogP contribution is 2.39. The number of anilines is 1. The van der Waals surface area contributed by atoms with Gasteiger partial charge < -0.3 is 15.0 Å². The number of para-hydroxylation sites is 1. The van der Waals surface area contributed by atoms with E-state index in [9.17, 15) is 4.79 Å². The van der Waals surface area contributed by atoms with Gasteiger partial charge in [0.15, 0.2) is 5.65 Å². The molecule has 2 aromatic carbocycles. The largest absolute Gasteiger partial charge is 0.457 e. The second-order valence-electron chi connectivity index (χ2n) is 12.2. The van der Waals surface area contributed by atoms with Gasteiger partial charge in [0.25, 0.3) is 0 Å². The molecular weight excluding hydrogens is 528 g/mol. The number of aromatic nitrogens is 5. The number of benzene rings is 2. The molecule has 0 radical (unpaired) electrons. The molecule has 0 amide bonds. The third kappa shape index (κ3) is 5.91. The maximum Gasteiger partial charge on any atom is 0.164 e. The first-order chi connectivity index (χ1) is 20.2. The Bertz CT molecular complexity index is 1680. The van der Waals surface area contributed by atoms with E-state index in [1.54, 1.807) is 0 Å². The molecule has 0 aliphatic heterocycles. The second kappa shape index (κ2) is 11.4. The Balaban J connectivity index is 1.14. The van der Waals surface area contributed by atoms with Gasteiger partial charge in [0.1, 0.15) is 40.9 Å². The van der Waals surface area contributed by atoms with Crippen molar-refractivity contribution < 1.29 is 14.1 Å². The van der Waals surface area contributed by atoms with Crippen LogP contribution in [0.5, 0.6) is 11.5 Å². The van der Waals surface area contributed by atoms with Gasteiger partial charge in [-0.2, -0.15) is 5.10 Å². The van der Waals surface area contributed by atoms with Crippen molar-refractivity contribution in [2.24, 2.45) is 5.92 Å². The van der Waals surface area contributed by atoms with Crippen molar-refractivity contribution in [3.63, 3.8) is 0 Å². The summed E-state index contributed by atoms with van der Waals surface area (Å²) in [5.41, 5.74) is 9.36. The molecule has 9 heteroatoms. The van der Waals surface area contributed by atoms with Crippen LogP contribution in [0.4, 0.5) is 5.82 Å². The van der Waals surface area contributed by atoms with E-state index in [0.29, 0.717) is 30.3 Å². The van der Waals surface area contributed by atoms with Crippen molar-refractivity contribution in [3.8, 4) is 22.8 Å². The summed E-state index contributed by atoms with van der Waals surface area (Å²) >= 11 is 0. The molecule has 1 saturated carbocycles. The Hall–Kier alpha value is -4.53. The number of nitrogen functional groups attached to an aromatic ring is 1. The van der Waals surface area contributed by atoms with Crippen LogP contribution < -0.4 is 10.5 Å². The Kier molecular flexibility index (Phi) is 7.49. The molecule has 0 atom stereocenters. The van der Waals surface area contributed by atoms with Crippen LogP contribution in [0.3, 0.4) is 0 Å². The van der Waals surface area contributed by atoms with Crippen molar-refractivity contribution >= 4 is 22.6 Å². The number of ketones is 1. The quantitative estimate of drug-likeness (QED) is 0.212. The first-order valence-electron chi connectivity index (χ1n) is 14.5. The van der Waals surface area contributed by atoms with Gasteiger partial charge in [0.05, 0.1) is 23.5 Å². The summed E-state index contributed by atoms with van der Waals surface area (Å²) in [5, 5.41) is 9.91. The molecule has 1 aliphatic rings. The van der Waals surface area contributed by atoms with Crippen molar-refractivity contribution in [2.75, 3.05) is 5.73 Å². The molecule has 6 rings (SSSR count). The fraction of sp³-hybridized carbons (Fsp3) is 0.364. The predicted molar refractivity (Wildman–Crippen MR) is 161 cm³/mol. The van der Waals surface area contributed by atoms with E-state index in [4.69, 9.17) is 20.1 Å². The molecule has 1 aliphatic carbocycles. The van der Waals surface area contributed by atoms with E-state index >= 15 is 0 Å². The average Bonchev–Trinajstić information content (AvgIpc) is 3.61. The van der Waals surface area contributed by atoms with E-state index in [2.05, 4.69) is 35.9 Å². The number of hydrogen-bond acceptors (Lipinski definition) is 8. The molecule has 0 saturated heterocycles. The highest BCUT2D eigenvalue weighted by molar-refractivity contribution is 5.98. The van der Waals surface area contributed by atoms with Gasteiger partial charge in [-0.15, -0.1) is 0 Å².